The van der Waals surface area contributed by atoms with Crippen LogP contribution in [0.25, 0.3) is 10.8 Å². The molecule has 2 rings (SSSR count). The largest absolute Gasteiger partial charge is 0.494 e. The van der Waals surface area contributed by atoms with Crippen LogP contribution in [0.3, 0.4) is 0 Å². The molecule has 1 aromatic carbocycles. The van der Waals surface area contributed by atoms with Crippen LogP contribution in [0.4, 0.5) is 0 Å². The lowest BCUT2D eigenvalue weighted by molar-refractivity contribution is 0.318. The molecule has 0 saturated carbocycles. The smallest absolute Gasteiger partial charge is 0.258 e. The third-order valence-corrected chi connectivity index (χ3v) is 3.19. The zero-order chi connectivity index (χ0) is 13.8. The molecule has 0 aliphatic rings. The van der Waals surface area contributed by atoms with Crippen LogP contribution < -0.4 is 16.0 Å². The summed E-state index contributed by atoms with van der Waals surface area (Å²) in [6.45, 7) is 5.13. The van der Waals surface area contributed by atoms with E-state index in [-0.39, 0.29) is 11.6 Å². The summed E-state index contributed by atoms with van der Waals surface area (Å²) < 4.78 is 7.25. The Morgan fingerprint density at radius 3 is 2.84 bits per heavy atom. The number of hydrogen-bond acceptors (Lipinski definition) is 3. The number of hydrogen-bond donors (Lipinski definition) is 1. The van der Waals surface area contributed by atoms with Gasteiger partial charge >= 0.3 is 0 Å². The van der Waals surface area contributed by atoms with Crippen LogP contribution in [0.1, 0.15) is 26.3 Å². The first-order valence-electron chi connectivity index (χ1n) is 6.65. The van der Waals surface area contributed by atoms with Crippen LogP contribution in [0, 0.1) is 0 Å². The fraction of sp³-hybridized carbons (Fsp3) is 0.400. The van der Waals surface area contributed by atoms with E-state index in [2.05, 4.69) is 6.92 Å². The fourth-order valence-electron chi connectivity index (χ4n) is 2.01. The number of fused-ring (bicyclic) bond motifs is 1. The molecule has 0 spiro atoms. The van der Waals surface area contributed by atoms with Gasteiger partial charge in [-0.3, -0.25) is 4.79 Å². The van der Waals surface area contributed by atoms with Gasteiger partial charge in [0.05, 0.1) is 6.61 Å². The van der Waals surface area contributed by atoms with Crippen molar-refractivity contribution in [3.63, 3.8) is 0 Å². The molecule has 1 heterocycles. The molecule has 1 atom stereocenters. The van der Waals surface area contributed by atoms with Crippen LogP contribution in [0.2, 0.25) is 0 Å². The van der Waals surface area contributed by atoms with Gasteiger partial charge in [0.15, 0.2) is 0 Å². The molecule has 2 aromatic rings. The molecule has 0 aliphatic heterocycles. The van der Waals surface area contributed by atoms with E-state index in [1.54, 1.807) is 10.8 Å². The van der Waals surface area contributed by atoms with Crippen LogP contribution >= 0.6 is 0 Å². The molecule has 2 N–H and O–H groups in total. The number of rotatable bonds is 5. The zero-order valence-corrected chi connectivity index (χ0v) is 11.4. The monoisotopic (exact) mass is 260 g/mol. The predicted octanol–water partition coefficient (Wildman–Crippen LogP) is 2.31. The Kier molecular flexibility index (Phi) is 4.22. The molecule has 1 aromatic heterocycles. The van der Waals surface area contributed by atoms with Crippen molar-refractivity contribution in [1.29, 1.82) is 0 Å². The molecule has 0 bridgehead atoms. The quantitative estimate of drug-likeness (QED) is 0.897. The van der Waals surface area contributed by atoms with Gasteiger partial charge in [0.1, 0.15) is 5.75 Å². The summed E-state index contributed by atoms with van der Waals surface area (Å²) >= 11 is 0. The number of aromatic nitrogens is 1. The number of ether oxygens (including phenoxy) is 1. The highest BCUT2D eigenvalue weighted by atomic mass is 16.5. The summed E-state index contributed by atoms with van der Waals surface area (Å²) in [6.07, 6.45) is 2.76. The summed E-state index contributed by atoms with van der Waals surface area (Å²) in [4.78, 5) is 12.3. The molecular formula is C15H20N2O2. The van der Waals surface area contributed by atoms with E-state index in [1.165, 1.54) is 0 Å². The molecular weight excluding hydrogens is 240 g/mol. The van der Waals surface area contributed by atoms with Crippen molar-refractivity contribution in [3.8, 4) is 5.75 Å². The summed E-state index contributed by atoms with van der Waals surface area (Å²) in [5.41, 5.74) is 5.61. The molecule has 0 saturated heterocycles. The molecule has 4 nitrogen and oxygen atoms in total. The van der Waals surface area contributed by atoms with E-state index in [4.69, 9.17) is 10.5 Å². The predicted molar refractivity (Wildman–Crippen MR) is 77.8 cm³/mol. The Labute approximate surface area is 112 Å². The fourth-order valence-corrected chi connectivity index (χ4v) is 2.01. The van der Waals surface area contributed by atoms with Gasteiger partial charge in [-0.05, 0) is 43.0 Å². The highest BCUT2D eigenvalue weighted by Gasteiger charge is 2.08. The molecule has 19 heavy (non-hydrogen) atoms. The first-order chi connectivity index (χ1) is 9.17. The van der Waals surface area contributed by atoms with E-state index in [0.29, 0.717) is 18.5 Å². The minimum Gasteiger partial charge on any atom is -0.494 e. The van der Waals surface area contributed by atoms with Crippen LogP contribution in [-0.2, 0) is 0 Å². The van der Waals surface area contributed by atoms with Crippen molar-refractivity contribution >= 4 is 10.8 Å². The second-order valence-corrected chi connectivity index (χ2v) is 4.71. The topological polar surface area (TPSA) is 57.2 Å². The minimum atomic E-state index is -0.00232. The average Bonchev–Trinajstić information content (AvgIpc) is 2.44. The number of benzene rings is 1. The van der Waals surface area contributed by atoms with Gasteiger partial charge in [-0.15, -0.1) is 0 Å². The first kappa shape index (κ1) is 13.6. The number of nitrogens with two attached hydrogens (primary N) is 1. The van der Waals surface area contributed by atoms with Gasteiger partial charge in [0.2, 0.25) is 0 Å². The van der Waals surface area contributed by atoms with E-state index < -0.39 is 0 Å². The summed E-state index contributed by atoms with van der Waals surface area (Å²) in [5, 5.41) is 1.60. The Balaban J connectivity index is 2.45. The highest BCUT2D eigenvalue weighted by Crippen LogP contribution is 2.19. The van der Waals surface area contributed by atoms with E-state index in [9.17, 15) is 4.79 Å². The molecule has 102 valence electrons. The van der Waals surface area contributed by atoms with Crippen LogP contribution in [-0.4, -0.2) is 17.7 Å². The van der Waals surface area contributed by atoms with Gasteiger partial charge in [-0.25, -0.2) is 0 Å². The zero-order valence-electron chi connectivity index (χ0n) is 11.4. The Morgan fingerprint density at radius 1 is 1.37 bits per heavy atom. The van der Waals surface area contributed by atoms with E-state index in [1.807, 2.05) is 31.2 Å². The van der Waals surface area contributed by atoms with Gasteiger partial charge in [-0.2, -0.15) is 0 Å². The van der Waals surface area contributed by atoms with Gasteiger partial charge in [-0.1, -0.05) is 6.92 Å². The first-order valence-corrected chi connectivity index (χ1v) is 6.65. The van der Waals surface area contributed by atoms with Gasteiger partial charge in [0.25, 0.3) is 5.56 Å². The third kappa shape index (κ3) is 2.79. The van der Waals surface area contributed by atoms with E-state index >= 15 is 0 Å². The second kappa shape index (κ2) is 5.89. The van der Waals surface area contributed by atoms with Crippen LogP contribution in [0.15, 0.2) is 35.3 Å². The SMILES string of the molecule is CCCOc1ccc2c(=O)n(C(C)CN)ccc2c1. The molecule has 1 unspecified atom stereocenters. The third-order valence-electron chi connectivity index (χ3n) is 3.19. The average molecular weight is 260 g/mol. The van der Waals surface area contributed by atoms with Crippen molar-refractivity contribution in [1.82, 2.24) is 4.57 Å². The Morgan fingerprint density at radius 2 is 2.16 bits per heavy atom. The Hall–Kier alpha value is -1.81. The maximum atomic E-state index is 12.3. The maximum absolute atomic E-state index is 12.3. The summed E-state index contributed by atoms with van der Waals surface area (Å²) in [5.74, 6) is 0.804. The van der Waals surface area contributed by atoms with Crippen molar-refractivity contribution in [3.05, 3.63) is 40.8 Å². The van der Waals surface area contributed by atoms with Crippen molar-refractivity contribution < 1.29 is 4.74 Å². The maximum Gasteiger partial charge on any atom is 0.258 e. The highest BCUT2D eigenvalue weighted by molar-refractivity contribution is 5.82. The summed E-state index contributed by atoms with van der Waals surface area (Å²) in [7, 11) is 0. The summed E-state index contributed by atoms with van der Waals surface area (Å²) in [6, 6.07) is 7.51. The molecule has 4 heteroatoms. The van der Waals surface area contributed by atoms with Crippen molar-refractivity contribution in [2.75, 3.05) is 13.2 Å². The van der Waals surface area contributed by atoms with Gasteiger partial charge in [0, 0.05) is 24.2 Å². The number of pyridine rings is 1. The molecule has 0 amide bonds. The molecule has 0 aliphatic carbocycles. The normalized spacial score (nSPS) is 12.6. The van der Waals surface area contributed by atoms with Crippen LogP contribution in [0.5, 0.6) is 5.75 Å². The second-order valence-electron chi connectivity index (χ2n) is 4.71. The lowest BCUT2D eigenvalue weighted by atomic mass is 10.1. The lowest BCUT2D eigenvalue weighted by Gasteiger charge is -2.14. The van der Waals surface area contributed by atoms with E-state index in [0.717, 1.165) is 17.6 Å². The van der Waals surface area contributed by atoms with Gasteiger partial charge < -0.3 is 15.0 Å². The molecule has 0 fully saturated rings. The minimum absolute atomic E-state index is 0.00232. The lowest BCUT2D eigenvalue weighted by Crippen LogP contribution is -2.27. The molecule has 0 radical (unpaired) electrons. The van der Waals surface area contributed by atoms with Crippen molar-refractivity contribution in [2.45, 2.75) is 26.3 Å². The number of nitrogens with zero attached hydrogens (tertiary/aromatic N) is 1. The standard InChI is InChI=1S/C15H20N2O2/c1-3-8-19-13-4-5-14-12(9-13)6-7-17(15(14)18)11(2)10-16/h4-7,9,11H,3,8,10,16H2,1-2H3. The Bertz CT molecular complexity index is 619. The van der Waals surface area contributed by atoms with Crippen molar-refractivity contribution in [2.24, 2.45) is 5.73 Å².